The lowest BCUT2D eigenvalue weighted by atomic mass is 9.66. The Labute approximate surface area is 233 Å². The third kappa shape index (κ3) is 3.79. The van der Waals surface area contributed by atoms with Crippen LogP contribution in [0.1, 0.15) is 39.8 Å². The van der Waals surface area contributed by atoms with Gasteiger partial charge in [-0.2, -0.15) is 0 Å². The molecule has 1 aliphatic carbocycles. The van der Waals surface area contributed by atoms with Gasteiger partial charge in [0.05, 0.1) is 11.1 Å². The lowest BCUT2D eigenvalue weighted by Gasteiger charge is -2.35. The summed E-state index contributed by atoms with van der Waals surface area (Å²) >= 11 is 6.64. The predicted molar refractivity (Wildman–Crippen MR) is 162 cm³/mol. The zero-order valence-corrected chi connectivity index (χ0v) is 22.0. The van der Waals surface area contributed by atoms with Crippen LogP contribution < -0.4 is 0 Å². The molecule has 0 radical (unpaired) electrons. The van der Waals surface area contributed by atoms with E-state index in [4.69, 9.17) is 21.6 Å². The van der Waals surface area contributed by atoms with Crippen LogP contribution >= 0.6 is 11.6 Å². The number of hydrogen-bond acceptors (Lipinski definition) is 2. The maximum Gasteiger partial charge on any atom is 0.161 e. The number of hydrogen-bond donors (Lipinski definition) is 0. The monoisotopic (exact) mass is 520 g/mol. The van der Waals surface area contributed by atoms with Crippen molar-refractivity contribution in [3.63, 3.8) is 0 Å². The predicted octanol–water partition coefficient (Wildman–Crippen LogP) is 8.77. The summed E-state index contributed by atoms with van der Waals surface area (Å²) in [6, 6.07) is 47.1. The van der Waals surface area contributed by atoms with Crippen LogP contribution in [0.15, 0.2) is 155 Å². The summed E-state index contributed by atoms with van der Waals surface area (Å²) in [6.45, 7) is 0. The molecule has 5 aromatic carbocycles. The molecule has 7 rings (SSSR count). The highest BCUT2D eigenvalue weighted by molar-refractivity contribution is 6.31. The average Bonchev–Trinajstić information content (AvgIpc) is 3.16. The maximum absolute atomic E-state index is 6.64. The summed E-state index contributed by atoms with van der Waals surface area (Å²) in [7, 11) is 0. The molecule has 0 amide bonds. The lowest BCUT2D eigenvalue weighted by Crippen LogP contribution is -2.30. The Hall–Kier alpha value is -4.53. The fourth-order valence-electron chi connectivity index (χ4n) is 6.14. The average molecular weight is 521 g/mol. The van der Waals surface area contributed by atoms with E-state index in [-0.39, 0.29) is 0 Å². The van der Waals surface area contributed by atoms with E-state index in [9.17, 15) is 0 Å². The van der Waals surface area contributed by atoms with Gasteiger partial charge in [-0.1, -0.05) is 145 Å². The van der Waals surface area contributed by atoms with Crippen molar-refractivity contribution in [2.45, 2.75) is 11.8 Å². The van der Waals surface area contributed by atoms with Gasteiger partial charge in [0.25, 0.3) is 0 Å². The topological polar surface area (TPSA) is 24.7 Å². The molecule has 1 heterocycles. The van der Waals surface area contributed by atoms with E-state index in [0.717, 1.165) is 22.4 Å². The van der Waals surface area contributed by atoms with Crippen molar-refractivity contribution in [1.29, 1.82) is 0 Å². The van der Waals surface area contributed by atoms with Crippen molar-refractivity contribution in [3.05, 3.63) is 178 Å². The summed E-state index contributed by atoms with van der Waals surface area (Å²) in [5.41, 5.74) is 9.80. The smallest absolute Gasteiger partial charge is 0.161 e. The Kier molecular flexibility index (Phi) is 5.83. The molecule has 2 nitrogen and oxygen atoms in total. The van der Waals surface area contributed by atoms with E-state index >= 15 is 0 Å². The first kappa shape index (κ1) is 23.6. The van der Waals surface area contributed by atoms with Crippen LogP contribution in [0.2, 0.25) is 0 Å². The number of benzene rings is 5. The Morgan fingerprint density at radius 2 is 1.00 bits per heavy atom. The quantitative estimate of drug-likeness (QED) is 0.207. The van der Waals surface area contributed by atoms with Crippen LogP contribution in [-0.4, -0.2) is 11.5 Å². The van der Waals surface area contributed by atoms with Crippen LogP contribution in [0.3, 0.4) is 0 Å². The summed E-state index contributed by atoms with van der Waals surface area (Å²) in [6.07, 6.45) is 2.56. The second-order valence-corrected chi connectivity index (χ2v) is 10.2. The Balaban J connectivity index is 1.55. The second kappa shape index (κ2) is 9.65. The molecule has 0 saturated carbocycles. The Morgan fingerprint density at radius 1 is 0.513 bits per heavy atom. The first-order valence-electron chi connectivity index (χ1n) is 13.2. The summed E-state index contributed by atoms with van der Waals surface area (Å²) in [4.78, 5) is 10.0. The molecule has 0 aromatic heterocycles. The number of amidine groups is 1. The molecule has 0 saturated heterocycles. The van der Waals surface area contributed by atoms with Crippen molar-refractivity contribution >= 4 is 23.1 Å². The molecule has 0 unspecified atom stereocenters. The largest absolute Gasteiger partial charge is 0.232 e. The molecule has 1 aliphatic heterocycles. The van der Waals surface area contributed by atoms with E-state index < -0.39 is 5.41 Å². The van der Waals surface area contributed by atoms with Gasteiger partial charge in [0.1, 0.15) is 5.16 Å². The molecule has 5 aromatic rings. The second-order valence-electron chi connectivity index (χ2n) is 9.84. The number of halogens is 1. The molecule has 186 valence electrons. The molecule has 0 N–H and O–H groups in total. The van der Waals surface area contributed by atoms with Gasteiger partial charge < -0.3 is 0 Å². The molecule has 0 bridgehead atoms. The molecule has 2 aliphatic rings. The van der Waals surface area contributed by atoms with Crippen LogP contribution in [0, 0.1) is 0 Å². The van der Waals surface area contributed by atoms with Crippen molar-refractivity contribution in [3.8, 4) is 11.1 Å². The highest BCUT2D eigenvalue weighted by atomic mass is 35.5. The minimum Gasteiger partial charge on any atom is -0.232 e. The van der Waals surface area contributed by atoms with E-state index in [0.29, 0.717) is 17.4 Å². The minimum atomic E-state index is -0.543. The highest BCUT2D eigenvalue weighted by Gasteiger charge is 2.47. The normalized spacial score (nSPS) is 15.4. The van der Waals surface area contributed by atoms with Crippen LogP contribution in [0.4, 0.5) is 0 Å². The van der Waals surface area contributed by atoms with E-state index in [1.54, 1.807) is 0 Å². The minimum absolute atomic E-state index is 0.454. The lowest BCUT2D eigenvalue weighted by molar-refractivity contribution is 0.766. The third-order valence-corrected chi connectivity index (χ3v) is 7.99. The number of allylic oxidation sites excluding steroid dienone is 1. The fraction of sp³-hybridized carbons (Fsp3) is 0.0556. The summed E-state index contributed by atoms with van der Waals surface area (Å²) in [5.74, 6) is 0.625. The van der Waals surface area contributed by atoms with Gasteiger partial charge in [0, 0.05) is 12.0 Å². The number of fused-ring (bicyclic) bond motifs is 3. The Morgan fingerprint density at radius 3 is 1.62 bits per heavy atom. The maximum atomic E-state index is 6.64. The van der Waals surface area contributed by atoms with Gasteiger partial charge >= 0.3 is 0 Å². The molecular formula is C36H25ClN2. The molecule has 0 spiro atoms. The fourth-order valence-corrected chi connectivity index (χ4v) is 6.30. The Bertz CT molecular complexity index is 1740. The van der Waals surface area contributed by atoms with Crippen molar-refractivity contribution in [2.24, 2.45) is 9.98 Å². The molecule has 39 heavy (non-hydrogen) atoms. The van der Waals surface area contributed by atoms with Gasteiger partial charge in [-0.25, -0.2) is 9.98 Å². The molecule has 0 fully saturated rings. The first-order chi connectivity index (χ1) is 19.3. The summed E-state index contributed by atoms with van der Waals surface area (Å²) < 4.78 is 0. The van der Waals surface area contributed by atoms with Crippen molar-refractivity contribution < 1.29 is 0 Å². The number of nitrogens with zero attached hydrogens (tertiary/aromatic N) is 2. The zero-order chi connectivity index (χ0) is 26.2. The molecule has 0 atom stereocenters. The highest BCUT2D eigenvalue weighted by Crippen LogP contribution is 2.56. The standard InChI is InChI=1S/C36H25ClN2/c37-34-24-23-33(25-13-3-1-4-14-25)38-35(39-34)29-19-9-12-22-32(29)36(26-15-5-2-6-16-26)30-20-10-7-17-27(30)28-18-8-11-21-31(28)36/h1-22,24H,23H2. The first-order valence-corrected chi connectivity index (χ1v) is 13.6. The van der Waals surface area contributed by atoms with Crippen molar-refractivity contribution in [2.75, 3.05) is 0 Å². The van der Waals surface area contributed by atoms with E-state index in [2.05, 4.69) is 115 Å². The van der Waals surface area contributed by atoms with Gasteiger partial charge in [-0.05, 0) is 45.0 Å². The van der Waals surface area contributed by atoms with Crippen LogP contribution in [-0.2, 0) is 5.41 Å². The zero-order valence-electron chi connectivity index (χ0n) is 21.3. The van der Waals surface area contributed by atoms with Gasteiger partial charge in [-0.15, -0.1) is 0 Å². The van der Waals surface area contributed by atoms with E-state index in [1.165, 1.54) is 27.8 Å². The van der Waals surface area contributed by atoms with Gasteiger partial charge in [0.2, 0.25) is 0 Å². The number of aliphatic imine (C=N–C) groups is 2. The van der Waals surface area contributed by atoms with Gasteiger partial charge in [0.15, 0.2) is 5.84 Å². The number of rotatable bonds is 4. The molecular weight excluding hydrogens is 496 g/mol. The molecule has 3 heteroatoms. The van der Waals surface area contributed by atoms with Gasteiger partial charge in [-0.3, -0.25) is 0 Å². The summed E-state index contributed by atoms with van der Waals surface area (Å²) in [5, 5.41) is 0.454. The van der Waals surface area contributed by atoms with E-state index in [1.807, 2.05) is 24.3 Å². The third-order valence-electron chi connectivity index (χ3n) is 7.76. The van der Waals surface area contributed by atoms with Crippen LogP contribution in [0.5, 0.6) is 0 Å². The van der Waals surface area contributed by atoms with Crippen molar-refractivity contribution in [1.82, 2.24) is 0 Å². The van der Waals surface area contributed by atoms with Crippen LogP contribution in [0.25, 0.3) is 11.1 Å². The SMILES string of the molecule is ClC1=CCC(c2ccccc2)=NC(c2ccccc2C2(c3ccccc3)c3ccccc3-c3ccccc32)=N1.